The second kappa shape index (κ2) is 10.1. The molecule has 5 atom stereocenters. The van der Waals surface area contributed by atoms with Crippen molar-refractivity contribution < 1.29 is 9.59 Å². The lowest BCUT2D eigenvalue weighted by molar-refractivity contribution is -0.130. The van der Waals surface area contributed by atoms with Crippen molar-refractivity contribution in [3.05, 3.63) is 0 Å². The first-order chi connectivity index (χ1) is 16.7. The topological polar surface area (TPSA) is 108 Å². The van der Waals surface area contributed by atoms with Gasteiger partial charge < -0.3 is 5.32 Å². The van der Waals surface area contributed by atoms with E-state index in [-0.39, 0.29) is 22.8 Å². The summed E-state index contributed by atoms with van der Waals surface area (Å²) in [5.74, 6) is 3.10. The fourth-order valence-electron chi connectivity index (χ4n) is 4.35. The molecule has 4 aliphatic heterocycles. The minimum Gasteiger partial charge on any atom is -0.357 e. The first-order valence-electron chi connectivity index (χ1n) is 12.1. The zero-order valence-electron chi connectivity index (χ0n) is 22.2. The molecule has 8 nitrogen and oxygen atoms in total. The maximum Gasteiger partial charge on any atom is 0.244 e. The first kappa shape index (κ1) is 28.2. The van der Waals surface area contributed by atoms with E-state index in [4.69, 9.17) is 20.0 Å². The molecule has 0 fully saturated rings. The van der Waals surface area contributed by atoms with Gasteiger partial charge in [0.1, 0.15) is 28.3 Å². The molecule has 12 heteroatoms. The van der Waals surface area contributed by atoms with Gasteiger partial charge in [-0.2, -0.15) is 0 Å². The fraction of sp³-hybridized carbons (Fsp3) is 0.750. The predicted octanol–water partition coefficient (Wildman–Crippen LogP) is 3.51. The Labute approximate surface area is 231 Å². The van der Waals surface area contributed by atoms with Crippen LogP contribution in [0.3, 0.4) is 0 Å². The van der Waals surface area contributed by atoms with Crippen molar-refractivity contribution in [3.63, 3.8) is 0 Å². The van der Waals surface area contributed by atoms with Crippen LogP contribution in [0.1, 0.15) is 48.5 Å². The van der Waals surface area contributed by atoms with Gasteiger partial charge in [0.05, 0.1) is 20.2 Å². The van der Waals surface area contributed by atoms with Crippen molar-refractivity contribution in [2.75, 3.05) is 30.1 Å². The number of Topliss-reactive ketones (excluding diaryl/α,β-unsaturated/α-hetero) is 1. The smallest absolute Gasteiger partial charge is 0.244 e. The summed E-state index contributed by atoms with van der Waals surface area (Å²) in [6.07, 6.45) is 0. The number of ketones is 1. The summed E-state index contributed by atoms with van der Waals surface area (Å²) in [6.45, 7) is 14.2. The van der Waals surface area contributed by atoms with Crippen LogP contribution in [0.15, 0.2) is 20.0 Å². The number of aliphatic imine (C=N–C) groups is 4. The SMILES string of the molecule is CNC(=O)[C@H](N[C@@]1(C)CSC([C@]2(C)CSC([C@]3(C)CSC([C@@]4(C)CSC(C(C)C)=N4)=N3)=N2)=N1)C(C)=O. The van der Waals surface area contributed by atoms with Crippen LogP contribution >= 0.6 is 47.0 Å². The molecular formula is C24H36N6O2S4. The van der Waals surface area contributed by atoms with E-state index in [0.29, 0.717) is 11.7 Å². The maximum atomic E-state index is 12.2. The van der Waals surface area contributed by atoms with Gasteiger partial charge in [-0.1, -0.05) is 13.8 Å². The van der Waals surface area contributed by atoms with E-state index >= 15 is 0 Å². The lowest BCUT2D eigenvalue weighted by Crippen LogP contribution is -2.56. The lowest BCUT2D eigenvalue weighted by atomic mass is 10.0. The maximum absolute atomic E-state index is 12.2. The van der Waals surface area contributed by atoms with Crippen LogP contribution in [-0.2, 0) is 9.59 Å². The van der Waals surface area contributed by atoms with Crippen molar-refractivity contribution in [1.29, 1.82) is 0 Å². The number of carbonyl (C=O) groups excluding carboxylic acids is 2. The number of amides is 1. The molecule has 0 aromatic rings. The highest BCUT2D eigenvalue weighted by molar-refractivity contribution is 8.17. The van der Waals surface area contributed by atoms with Gasteiger partial charge in [-0.15, -0.1) is 47.0 Å². The summed E-state index contributed by atoms with van der Waals surface area (Å²) in [7, 11) is 1.53. The second-order valence-electron chi connectivity index (χ2n) is 10.9. The Morgan fingerprint density at radius 1 is 0.778 bits per heavy atom. The van der Waals surface area contributed by atoms with Crippen LogP contribution in [0.2, 0.25) is 0 Å². The van der Waals surface area contributed by atoms with Gasteiger partial charge in [-0.05, 0) is 34.6 Å². The predicted molar refractivity (Wildman–Crippen MR) is 160 cm³/mol. The average molecular weight is 569 g/mol. The number of nitrogens with one attached hydrogen (secondary N) is 2. The zero-order valence-corrected chi connectivity index (χ0v) is 25.5. The Balaban J connectivity index is 1.54. The summed E-state index contributed by atoms with van der Waals surface area (Å²) >= 11 is 7.08. The highest BCUT2D eigenvalue weighted by atomic mass is 32.2. The van der Waals surface area contributed by atoms with Crippen LogP contribution in [0, 0.1) is 5.92 Å². The standard InChI is InChI=1S/C24H36N6O2S4/c1-13(2)17-27-21(4,9-33-17)18-28-22(5,10-34-18)19-29-23(6,11-35-19)20-30-24(7,12-36-20)26-15(14(3)31)16(32)25-8/h13,15,26H,9-12H2,1-8H3,(H,25,32)/t15-,21-,22+,23+,24-/m1/s1. The molecule has 0 unspecified atom stereocenters. The van der Waals surface area contributed by atoms with E-state index in [9.17, 15) is 9.59 Å². The summed E-state index contributed by atoms with van der Waals surface area (Å²) in [6, 6.07) is -0.926. The number of hydrogen-bond acceptors (Lipinski definition) is 11. The minimum absolute atomic E-state index is 0.230. The van der Waals surface area contributed by atoms with Crippen LogP contribution in [0.4, 0.5) is 0 Å². The van der Waals surface area contributed by atoms with Crippen molar-refractivity contribution in [3.8, 4) is 0 Å². The Bertz CT molecular complexity index is 1090. The summed E-state index contributed by atoms with van der Waals surface area (Å²) in [5, 5.41) is 10.0. The number of carbonyl (C=O) groups is 2. The number of likely N-dealkylation sites (N-methyl/N-ethyl adjacent to an activating group) is 1. The quantitative estimate of drug-likeness (QED) is 0.432. The van der Waals surface area contributed by atoms with E-state index in [2.05, 4.69) is 45.3 Å². The third-order valence-electron chi connectivity index (χ3n) is 6.62. The normalized spacial score (nSPS) is 37.0. The third-order valence-corrected chi connectivity index (χ3v) is 12.7. The number of nitrogens with zero attached hydrogens (tertiary/aromatic N) is 4. The molecule has 4 rings (SSSR count). The molecule has 0 saturated carbocycles. The van der Waals surface area contributed by atoms with Crippen LogP contribution < -0.4 is 10.6 Å². The first-order valence-corrected chi connectivity index (χ1v) is 16.1. The van der Waals surface area contributed by atoms with Crippen molar-refractivity contribution in [1.82, 2.24) is 10.6 Å². The summed E-state index contributed by atoms with van der Waals surface area (Å²) in [5.41, 5.74) is -1.79. The van der Waals surface area contributed by atoms with Gasteiger partial charge in [-0.3, -0.25) is 34.9 Å². The Morgan fingerprint density at radius 3 is 1.72 bits per heavy atom. The number of thioether (sulfide) groups is 4. The van der Waals surface area contributed by atoms with E-state index in [1.165, 1.54) is 19.0 Å². The molecule has 36 heavy (non-hydrogen) atoms. The molecule has 0 bridgehead atoms. The highest BCUT2D eigenvalue weighted by Gasteiger charge is 2.50. The molecule has 0 saturated heterocycles. The molecule has 0 spiro atoms. The summed E-state index contributed by atoms with van der Waals surface area (Å²) < 4.78 is 0. The Kier molecular flexibility index (Phi) is 7.87. The van der Waals surface area contributed by atoms with E-state index in [1.54, 1.807) is 23.5 Å². The van der Waals surface area contributed by atoms with E-state index in [1.807, 2.05) is 30.4 Å². The Hall–Kier alpha value is -0.820. The largest absolute Gasteiger partial charge is 0.357 e. The second-order valence-corrected chi connectivity index (χ2v) is 14.8. The number of hydrogen-bond donors (Lipinski definition) is 2. The molecule has 198 valence electrons. The minimum atomic E-state index is -0.926. The number of rotatable bonds is 8. The lowest BCUT2D eigenvalue weighted by Gasteiger charge is -2.26. The zero-order chi connectivity index (χ0) is 26.5. The summed E-state index contributed by atoms with van der Waals surface area (Å²) in [4.78, 5) is 44.7. The van der Waals surface area contributed by atoms with Gasteiger partial charge in [-0.25, -0.2) is 0 Å². The van der Waals surface area contributed by atoms with Crippen LogP contribution in [-0.4, -0.2) is 90.2 Å². The molecule has 4 aliphatic rings. The van der Waals surface area contributed by atoms with Gasteiger partial charge in [0.2, 0.25) is 5.91 Å². The van der Waals surface area contributed by atoms with Crippen molar-refractivity contribution in [2.45, 2.75) is 76.8 Å². The molecule has 0 aromatic heterocycles. The van der Waals surface area contributed by atoms with Gasteiger partial charge in [0.25, 0.3) is 0 Å². The average Bonchev–Trinajstić information content (AvgIpc) is 3.59. The van der Waals surface area contributed by atoms with Crippen molar-refractivity contribution in [2.24, 2.45) is 25.9 Å². The molecule has 4 heterocycles. The van der Waals surface area contributed by atoms with Gasteiger partial charge >= 0.3 is 0 Å². The molecule has 0 aliphatic carbocycles. The molecule has 0 aromatic carbocycles. The molecule has 2 N–H and O–H groups in total. The third kappa shape index (κ3) is 5.34. The highest BCUT2D eigenvalue weighted by Crippen LogP contribution is 2.46. The molecule has 0 radical (unpaired) electrons. The van der Waals surface area contributed by atoms with E-state index < -0.39 is 17.2 Å². The van der Waals surface area contributed by atoms with Crippen LogP contribution in [0.5, 0.6) is 0 Å². The monoisotopic (exact) mass is 568 g/mol. The van der Waals surface area contributed by atoms with E-state index in [0.717, 1.165) is 32.4 Å². The molecule has 1 amide bonds. The molecular weight excluding hydrogens is 533 g/mol. The van der Waals surface area contributed by atoms with Crippen LogP contribution in [0.25, 0.3) is 0 Å². The van der Waals surface area contributed by atoms with Gasteiger partial charge in [0, 0.05) is 36.0 Å². The fourth-order valence-corrected chi connectivity index (χ4v) is 9.74. The Morgan fingerprint density at radius 2 is 1.25 bits per heavy atom. The van der Waals surface area contributed by atoms with Crippen molar-refractivity contribution >= 4 is 78.9 Å². The van der Waals surface area contributed by atoms with Gasteiger partial charge in [0.15, 0.2) is 5.78 Å².